The van der Waals surface area contributed by atoms with Gasteiger partial charge in [0.2, 0.25) is 0 Å². The van der Waals surface area contributed by atoms with E-state index in [0.29, 0.717) is 13.1 Å². The average Bonchev–Trinajstić information content (AvgIpc) is 2.45. The van der Waals surface area contributed by atoms with Crippen LogP contribution >= 0.6 is 0 Å². The van der Waals surface area contributed by atoms with Gasteiger partial charge in [0.25, 0.3) is 0 Å². The molecule has 8 N–H and O–H groups in total. The lowest BCUT2D eigenvalue weighted by Gasteiger charge is -1.97. The Balaban J connectivity index is 0.000000200. The number of hydrogen-bond donors (Lipinski definition) is 4. The van der Waals surface area contributed by atoms with E-state index >= 15 is 0 Å². The van der Waals surface area contributed by atoms with Crippen molar-refractivity contribution in [3.05, 3.63) is 59.7 Å². The SMILES string of the molecule is NCCc1ccc(N)cc1.NCCc1ccc(N)cc1. The van der Waals surface area contributed by atoms with Gasteiger partial charge in [0.15, 0.2) is 0 Å². The lowest BCUT2D eigenvalue weighted by Crippen LogP contribution is -2.02. The van der Waals surface area contributed by atoms with Gasteiger partial charge in [-0.3, -0.25) is 0 Å². The van der Waals surface area contributed by atoms with Crippen LogP contribution in [0.25, 0.3) is 0 Å². The Labute approximate surface area is 120 Å². The second-order valence-electron chi connectivity index (χ2n) is 4.56. The van der Waals surface area contributed by atoms with E-state index in [0.717, 1.165) is 24.2 Å². The molecule has 0 heterocycles. The predicted octanol–water partition coefficient (Wildman–Crippen LogP) is 1.54. The summed E-state index contributed by atoms with van der Waals surface area (Å²) in [4.78, 5) is 0. The maximum absolute atomic E-state index is 5.49. The zero-order chi connectivity index (χ0) is 14.8. The van der Waals surface area contributed by atoms with Crippen LogP contribution in [0.1, 0.15) is 11.1 Å². The first kappa shape index (κ1) is 16.0. The first-order valence-corrected chi connectivity index (χ1v) is 6.74. The molecule has 20 heavy (non-hydrogen) atoms. The fraction of sp³-hybridized carbons (Fsp3) is 0.250. The largest absolute Gasteiger partial charge is 0.399 e. The number of benzene rings is 2. The standard InChI is InChI=1S/2C8H12N2/c2*9-6-5-7-1-3-8(10)4-2-7/h2*1-4H,5-6,9-10H2. The van der Waals surface area contributed by atoms with Gasteiger partial charge in [0, 0.05) is 11.4 Å². The Morgan fingerprint density at radius 2 is 0.850 bits per heavy atom. The zero-order valence-corrected chi connectivity index (χ0v) is 11.8. The molecule has 0 fully saturated rings. The van der Waals surface area contributed by atoms with Crippen LogP contribution in [0.4, 0.5) is 11.4 Å². The second kappa shape index (κ2) is 8.96. The monoisotopic (exact) mass is 272 g/mol. The van der Waals surface area contributed by atoms with Gasteiger partial charge in [0.05, 0.1) is 0 Å². The molecule has 4 heteroatoms. The first-order valence-electron chi connectivity index (χ1n) is 6.74. The maximum Gasteiger partial charge on any atom is 0.0314 e. The highest BCUT2D eigenvalue weighted by Gasteiger charge is 1.89. The Morgan fingerprint density at radius 1 is 0.550 bits per heavy atom. The summed E-state index contributed by atoms with van der Waals surface area (Å²) in [7, 11) is 0. The number of nitrogens with two attached hydrogens (primary N) is 4. The summed E-state index contributed by atoms with van der Waals surface area (Å²) in [6, 6.07) is 15.6. The third-order valence-electron chi connectivity index (χ3n) is 2.83. The van der Waals surface area contributed by atoms with Gasteiger partial charge < -0.3 is 22.9 Å². The van der Waals surface area contributed by atoms with E-state index in [1.807, 2.05) is 48.5 Å². The molecule has 0 radical (unpaired) electrons. The Bertz CT molecular complexity index is 429. The average molecular weight is 272 g/mol. The normalized spacial score (nSPS) is 9.70. The Morgan fingerprint density at radius 3 is 1.10 bits per heavy atom. The number of rotatable bonds is 4. The zero-order valence-electron chi connectivity index (χ0n) is 11.8. The quantitative estimate of drug-likeness (QED) is 0.634. The van der Waals surface area contributed by atoms with Crippen LogP contribution in [-0.4, -0.2) is 13.1 Å². The van der Waals surface area contributed by atoms with Crippen LogP contribution in [-0.2, 0) is 12.8 Å². The summed E-state index contributed by atoms with van der Waals surface area (Å²) in [6.07, 6.45) is 1.86. The maximum atomic E-state index is 5.49. The van der Waals surface area contributed by atoms with Gasteiger partial charge >= 0.3 is 0 Å². The summed E-state index contributed by atoms with van der Waals surface area (Å²) in [6.45, 7) is 1.40. The predicted molar refractivity (Wildman–Crippen MR) is 87.2 cm³/mol. The van der Waals surface area contributed by atoms with Crippen molar-refractivity contribution in [2.24, 2.45) is 11.5 Å². The lowest BCUT2D eigenvalue weighted by atomic mass is 10.1. The van der Waals surface area contributed by atoms with Gasteiger partial charge in [-0.15, -0.1) is 0 Å². The van der Waals surface area contributed by atoms with Crippen molar-refractivity contribution in [2.75, 3.05) is 24.6 Å². The molecule has 4 nitrogen and oxygen atoms in total. The molecule has 0 aromatic heterocycles. The molecule has 2 aromatic rings. The van der Waals surface area contributed by atoms with E-state index in [4.69, 9.17) is 22.9 Å². The fourth-order valence-corrected chi connectivity index (χ4v) is 1.70. The molecule has 0 amide bonds. The number of nitrogen functional groups attached to an aromatic ring is 2. The summed E-state index contributed by atoms with van der Waals surface area (Å²) in [5.41, 5.74) is 25.8. The second-order valence-corrected chi connectivity index (χ2v) is 4.56. The molecule has 0 saturated heterocycles. The summed E-state index contributed by atoms with van der Waals surface area (Å²) < 4.78 is 0. The number of hydrogen-bond acceptors (Lipinski definition) is 4. The van der Waals surface area contributed by atoms with E-state index < -0.39 is 0 Å². The molecule has 0 aliphatic carbocycles. The Kier molecular flexibility index (Phi) is 7.17. The minimum Gasteiger partial charge on any atom is -0.399 e. The van der Waals surface area contributed by atoms with Gasteiger partial charge in [-0.05, 0) is 61.3 Å². The van der Waals surface area contributed by atoms with E-state index in [9.17, 15) is 0 Å². The molecule has 0 atom stereocenters. The van der Waals surface area contributed by atoms with Crippen molar-refractivity contribution >= 4 is 11.4 Å². The van der Waals surface area contributed by atoms with Crippen molar-refractivity contribution in [3.8, 4) is 0 Å². The van der Waals surface area contributed by atoms with Gasteiger partial charge in [-0.1, -0.05) is 24.3 Å². The van der Waals surface area contributed by atoms with E-state index in [1.165, 1.54) is 11.1 Å². The minimum atomic E-state index is 0.698. The summed E-state index contributed by atoms with van der Waals surface area (Å²) in [5.74, 6) is 0. The van der Waals surface area contributed by atoms with Gasteiger partial charge in [0.1, 0.15) is 0 Å². The molecule has 0 aliphatic rings. The molecule has 0 unspecified atom stereocenters. The molecule has 0 aliphatic heterocycles. The van der Waals surface area contributed by atoms with Crippen molar-refractivity contribution in [3.63, 3.8) is 0 Å². The highest BCUT2D eigenvalue weighted by atomic mass is 14.5. The van der Waals surface area contributed by atoms with Crippen molar-refractivity contribution in [1.82, 2.24) is 0 Å². The molecular weight excluding hydrogens is 248 g/mol. The van der Waals surface area contributed by atoms with E-state index in [1.54, 1.807) is 0 Å². The van der Waals surface area contributed by atoms with Crippen molar-refractivity contribution in [1.29, 1.82) is 0 Å². The van der Waals surface area contributed by atoms with Gasteiger partial charge in [-0.25, -0.2) is 0 Å². The van der Waals surface area contributed by atoms with Crippen LogP contribution in [0.3, 0.4) is 0 Å². The summed E-state index contributed by atoms with van der Waals surface area (Å²) >= 11 is 0. The fourth-order valence-electron chi connectivity index (χ4n) is 1.70. The molecule has 108 valence electrons. The molecule has 0 bridgehead atoms. The lowest BCUT2D eigenvalue weighted by molar-refractivity contribution is 0.969. The van der Waals surface area contributed by atoms with Crippen LogP contribution in [0.2, 0.25) is 0 Å². The van der Waals surface area contributed by atoms with Crippen LogP contribution in [0, 0.1) is 0 Å². The van der Waals surface area contributed by atoms with E-state index in [-0.39, 0.29) is 0 Å². The highest BCUT2D eigenvalue weighted by Crippen LogP contribution is 2.05. The number of anilines is 2. The molecule has 2 rings (SSSR count). The third kappa shape index (κ3) is 6.22. The van der Waals surface area contributed by atoms with Crippen molar-refractivity contribution in [2.45, 2.75) is 12.8 Å². The van der Waals surface area contributed by atoms with Crippen LogP contribution in [0.5, 0.6) is 0 Å². The molecule has 0 spiro atoms. The topological polar surface area (TPSA) is 104 Å². The highest BCUT2D eigenvalue weighted by molar-refractivity contribution is 5.39. The first-order chi connectivity index (χ1) is 9.65. The van der Waals surface area contributed by atoms with Crippen molar-refractivity contribution < 1.29 is 0 Å². The summed E-state index contributed by atoms with van der Waals surface area (Å²) in [5, 5.41) is 0. The molecular formula is C16H24N4. The van der Waals surface area contributed by atoms with Crippen LogP contribution in [0.15, 0.2) is 48.5 Å². The Hall–Kier alpha value is -2.04. The minimum absolute atomic E-state index is 0.698. The van der Waals surface area contributed by atoms with Crippen LogP contribution < -0.4 is 22.9 Å². The molecule has 0 saturated carbocycles. The smallest absolute Gasteiger partial charge is 0.0314 e. The van der Waals surface area contributed by atoms with E-state index in [2.05, 4.69) is 0 Å². The molecule has 2 aromatic carbocycles. The van der Waals surface area contributed by atoms with Gasteiger partial charge in [-0.2, -0.15) is 0 Å². The third-order valence-corrected chi connectivity index (χ3v) is 2.83.